The Labute approximate surface area is 252 Å². The molecule has 6 nitrogen and oxygen atoms in total. The summed E-state index contributed by atoms with van der Waals surface area (Å²) in [5.74, 6) is -0.860. The number of nitrogens with zero attached hydrogens (tertiary/aromatic N) is 4. The number of alkyl halides is 3. The first-order valence-corrected chi connectivity index (χ1v) is 14.8. The number of likely N-dealkylation sites (tertiary alicyclic amines) is 2. The molecular formula is C34H31F4N5O. The summed E-state index contributed by atoms with van der Waals surface area (Å²) in [6.45, 7) is 3.25. The standard InChI is InChI=1S/C34H31F4N5O/c35-26-11-9-25(30(17-26)34(36,37)38)20-40-32-18-29(33(44)43-15-3-4-27(43)21-42-13-1-2-14-42)28-16-24(10-12-31(28)41-32)23-7-5-22(19-39)6-8-23/h5-12,16-18,27H,1-4,13-15,20-21H2,(H,40,41)/t27-/m0/s1. The van der Waals surface area contributed by atoms with E-state index in [1.54, 1.807) is 24.3 Å². The Bertz CT molecular complexity index is 1730. The van der Waals surface area contributed by atoms with E-state index in [1.165, 1.54) is 0 Å². The van der Waals surface area contributed by atoms with Crippen LogP contribution < -0.4 is 5.32 Å². The fraction of sp³-hybridized carbons (Fsp3) is 0.324. The molecule has 3 heterocycles. The molecule has 226 valence electrons. The van der Waals surface area contributed by atoms with Crippen molar-refractivity contribution in [3.8, 4) is 17.2 Å². The van der Waals surface area contributed by atoms with Gasteiger partial charge in [0.1, 0.15) is 11.6 Å². The smallest absolute Gasteiger partial charge is 0.366 e. The van der Waals surface area contributed by atoms with Crippen molar-refractivity contribution in [1.82, 2.24) is 14.8 Å². The minimum atomic E-state index is -4.72. The number of nitriles is 1. The van der Waals surface area contributed by atoms with Gasteiger partial charge in [-0.05, 0) is 97.9 Å². The molecule has 1 aromatic heterocycles. The third-order valence-electron chi connectivity index (χ3n) is 8.53. The summed E-state index contributed by atoms with van der Waals surface area (Å²) in [6.07, 6.45) is -0.587. The Hall–Kier alpha value is -4.49. The average molecular weight is 602 g/mol. The van der Waals surface area contributed by atoms with Gasteiger partial charge in [0, 0.05) is 31.1 Å². The molecule has 0 unspecified atom stereocenters. The molecule has 44 heavy (non-hydrogen) atoms. The zero-order chi connectivity index (χ0) is 30.8. The van der Waals surface area contributed by atoms with E-state index in [1.807, 2.05) is 29.2 Å². The summed E-state index contributed by atoms with van der Waals surface area (Å²) >= 11 is 0. The number of hydrogen-bond acceptors (Lipinski definition) is 5. The lowest BCUT2D eigenvalue weighted by Gasteiger charge is -2.29. The number of pyridine rings is 1. The van der Waals surface area contributed by atoms with Crippen LogP contribution in [0.15, 0.2) is 66.7 Å². The van der Waals surface area contributed by atoms with Crippen molar-refractivity contribution in [3.05, 3.63) is 94.8 Å². The van der Waals surface area contributed by atoms with Gasteiger partial charge in [-0.1, -0.05) is 24.3 Å². The zero-order valence-electron chi connectivity index (χ0n) is 24.0. The number of halogens is 4. The molecule has 6 rings (SSSR count). The zero-order valence-corrected chi connectivity index (χ0v) is 24.0. The summed E-state index contributed by atoms with van der Waals surface area (Å²) in [5.41, 5.74) is 1.99. The number of aromatic nitrogens is 1. The van der Waals surface area contributed by atoms with Gasteiger partial charge in [-0.25, -0.2) is 9.37 Å². The van der Waals surface area contributed by atoms with Crippen LogP contribution in [-0.4, -0.2) is 52.9 Å². The number of amides is 1. The predicted octanol–water partition coefficient (Wildman–Crippen LogP) is 7.24. The fourth-order valence-corrected chi connectivity index (χ4v) is 6.27. The van der Waals surface area contributed by atoms with Gasteiger partial charge in [0.2, 0.25) is 0 Å². The van der Waals surface area contributed by atoms with Gasteiger partial charge in [-0.2, -0.15) is 18.4 Å². The van der Waals surface area contributed by atoms with E-state index in [0.717, 1.165) is 68.6 Å². The number of fused-ring (bicyclic) bond motifs is 1. The molecule has 4 aromatic rings. The van der Waals surface area contributed by atoms with Crippen molar-refractivity contribution in [2.45, 2.75) is 44.4 Å². The van der Waals surface area contributed by atoms with Crippen LogP contribution in [0.1, 0.15) is 52.7 Å². The van der Waals surface area contributed by atoms with Crippen molar-refractivity contribution in [2.75, 3.05) is 31.5 Å². The van der Waals surface area contributed by atoms with Gasteiger partial charge in [0.05, 0.1) is 28.3 Å². The molecular weight excluding hydrogens is 570 g/mol. The Kier molecular flexibility index (Phi) is 8.23. The summed E-state index contributed by atoms with van der Waals surface area (Å²) < 4.78 is 54.5. The lowest BCUT2D eigenvalue weighted by atomic mass is 9.99. The summed E-state index contributed by atoms with van der Waals surface area (Å²) in [5, 5.41) is 12.8. The molecule has 1 N–H and O–H groups in total. The topological polar surface area (TPSA) is 72.3 Å². The van der Waals surface area contributed by atoms with Crippen LogP contribution in [0.3, 0.4) is 0 Å². The molecule has 1 amide bonds. The number of rotatable bonds is 7. The van der Waals surface area contributed by atoms with Gasteiger partial charge < -0.3 is 15.1 Å². The second kappa shape index (κ2) is 12.2. The first-order chi connectivity index (χ1) is 21.2. The maximum Gasteiger partial charge on any atom is 0.416 e. The van der Waals surface area contributed by atoms with E-state index < -0.39 is 17.6 Å². The van der Waals surface area contributed by atoms with Gasteiger partial charge >= 0.3 is 6.18 Å². The molecule has 2 saturated heterocycles. The maximum absolute atomic E-state index is 14.3. The monoisotopic (exact) mass is 601 g/mol. The fourth-order valence-electron chi connectivity index (χ4n) is 6.27. The minimum absolute atomic E-state index is 0.0792. The van der Waals surface area contributed by atoms with Crippen LogP contribution in [0.2, 0.25) is 0 Å². The van der Waals surface area contributed by atoms with Crippen LogP contribution in [0.25, 0.3) is 22.0 Å². The molecule has 2 fully saturated rings. The highest BCUT2D eigenvalue weighted by Gasteiger charge is 2.34. The first-order valence-electron chi connectivity index (χ1n) is 14.8. The second-order valence-electron chi connectivity index (χ2n) is 11.4. The van der Waals surface area contributed by atoms with Crippen LogP contribution in [-0.2, 0) is 12.7 Å². The minimum Gasteiger partial charge on any atom is -0.366 e. The SMILES string of the molecule is N#Cc1ccc(-c2ccc3nc(NCc4ccc(F)cc4C(F)(F)F)cc(C(=O)N4CCC[C@H]4CN4CCCC4)c3c2)cc1. The maximum atomic E-state index is 14.3. The van der Waals surface area contributed by atoms with Crippen LogP contribution in [0.4, 0.5) is 23.4 Å². The summed E-state index contributed by atoms with van der Waals surface area (Å²) in [7, 11) is 0. The molecule has 2 aliphatic rings. The number of benzene rings is 3. The van der Waals surface area contributed by atoms with E-state index in [4.69, 9.17) is 0 Å². The highest BCUT2D eigenvalue weighted by molar-refractivity contribution is 6.08. The number of carbonyl (C=O) groups excluding carboxylic acids is 1. The van der Waals surface area contributed by atoms with Gasteiger partial charge in [-0.3, -0.25) is 4.79 Å². The third-order valence-corrected chi connectivity index (χ3v) is 8.53. The Morgan fingerprint density at radius 1 is 0.955 bits per heavy atom. The number of carbonyl (C=O) groups is 1. The van der Waals surface area contributed by atoms with Gasteiger partial charge in [-0.15, -0.1) is 0 Å². The second-order valence-corrected chi connectivity index (χ2v) is 11.4. The summed E-state index contributed by atoms with van der Waals surface area (Å²) in [6, 6.07) is 19.1. The van der Waals surface area contributed by atoms with Crippen LogP contribution in [0.5, 0.6) is 0 Å². The van der Waals surface area contributed by atoms with Crippen LogP contribution in [0, 0.1) is 17.1 Å². The van der Waals surface area contributed by atoms with Crippen molar-refractivity contribution < 1.29 is 22.4 Å². The first kappa shape index (κ1) is 29.6. The third kappa shape index (κ3) is 6.24. The molecule has 0 saturated carbocycles. The van der Waals surface area contributed by atoms with Gasteiger partial charge in [0.25, 0.3) is 5.91 Å². The number of hydrogen-bond donors (Lipinski definition) is 1. The number of anilines is 1. The molecule has 1 atom stereocenters. The molecule has 3 aromatic carbocycles. The normalized spacial score (nSPS) is 17.2. The Balaban J connectivity index is 1.37. The molecule has 0 aliphatic carbocycles. The highest BCUT2D eigenvalue weighted by atomic mass is 19.4. The molecule has 2 aliphatic heterocycles. The van der Waals surface area contributed by atoms with Crippen LogP contribution >= 0.6 is 0 Å². The highest BCUT2D eigenvalue weighted by Crippen LogP contribution is 2.34. The largest absolute Gasteiger partial charge is 0.416 e. The predicted molar refractivity (Wildman–Crippen MR) is 160 cm³/mol. The molecule has 0 bridgehead atoms. The van der Waals surface area contributed by atoms with E-state index in [2.05, 4.69) is 21.3 Å². The van der Waals surface area contributed by atoms with Gasteiger partial charge in [0.15, 0.2) is 0 Å². The van der Waals surface area contributed by atoms with E-state index in [0.29, 0.717) is 34.6 Å². The lowest BCUT2D eigenvalue weighted by Crippen LogP contribution is -2.42. The molecule has 10 heteroatoms. The summed E-state index contributed by atoms with van der Waals surface area (Å²) in [4.78, 5) is 23.2. The van der Waals surface area contributed by atoms with Crippen molar-refractivity contribution in [3.63, 3.8) is 0 Å². The van der Waals surface area contributed by atoms with E-state index in [-0.39, 0.29) is 29.9 Å². The Morgan fingerprint density at radius 2 is 1.70 bits per heavy atom. The number of nitrogens with one attached hydrogen (secondary N) is 1. The van der Waals surface area contributed by atoms with Crippen molar-refractivity contribution in [1.29, 1.82) is 5.26 Å². The quantitative estimate of drug-likeness (QED) is 0.226. The van der Waals surface area contributed by atoms with E-state index >= 15 is 0 Å². The molecule has 0 radical (unpaired) electrons. The Morgan fingerprint density at radius 3 is 2.43 bits per heavy atom. The molecule has 0 spiro atoms. The van der Waals surface area contributed by atoms with E-state index in [9.17, 15) is 27.6 Å². The van der Waals surface area contributed by atoms with Crippen molar-refractivity contribution >= 4 is 22.6 Å². The lowest BCUT2D eigenvalue weighted by molar-refractivity contribution is -0.138. The van der Waals surface area contributed by atoms with Crippen molar-refractivity contribution in [2.24, 2.45) is 0 Å². The average Bonchev–Trinajstić information content (AvgIpc) is 3.72.